The highest BCUT2D eigenvalue weighted by atomic mass is 35.5. The van der Waals surface area contributed by atoms with Gasteiger partial charge in [0.15, 0.2) is 11.3 Å². The number of sulfonamides is 1. The Balaban J connectivity index is 1.85. The van der Waals surface area contributed by atoms with Gasteiger partial charge in [0.1, 0.15) is 16.4 Å². The Kier molecular flexibility index (Phi) is 10.9. The van der Waals surface area contributed by atoms with E-state index in [4.69, 9.17) is 25.8 Å². The van der Waals surface area contributed by atoms with Gasteiger partial charge in [0, 0.05) is 49.5 Å². The lowest BCUT2D eigenvalue weighted by molar-refractivity contribution is -0.275. The number of halogens is 4. The van der Waals surface area contributed by atoms with Gasteiger partial charge in [0.2, 0.25) is 5.91 Å². The van der Waals surface area contributed by atoms with Crippen LogP contribution < -0.4 is 18.5 Å². The summed E-state index contributed by atoms with van der Waals surface area (Å²) in [5.74, 6) is -2.51. The fourth-order valence-corrected chi connectivity index (χ4v) is 8.46. The summed E-state index contributed by atoms with van der Waals surface area (Å²) in [6, 6.07) is 10.9. The zero-order valence-corrected chi connectivity index (χ0v) is 30.5. The van der Waals surface area contributed by atoms with Gasteiger partial charge < -0.3 is 23.8 Å². The molecule has 0 bridgehead atoms. The SMILES string of the molecule is CCCCO[C@@H]1C[C@@H](C(=O)N(C)C)N(C2(c3cc(C)ccc3OC)C(=O)N(S(=O)(=O)c3ccc(OC)cc3OC(F)(F)F)c3ccc(Cl)cc32)C1. The minimum atomic E-state index is -5.29. The predicted octanol–water partition coefficient (Wildman–Crippen LogP) is 5.89. The number of hydrogen-bond donors (Lipinski definition) is 0. The lowest BCUT2D eigenvalue weighted by atomic mass is 9.80. The van der Waals surface area contributed by atoms with Crippen LogP contribution in [0.3, 0.4) is 0 Å². The third-order valence-corrected chi connectivity index (χ3v) is 10.9. The number of anilines is 1. The van der Waals surface area contributed by atoms with E-state index in [1.54, 1.807) is 44.1 Å². The largest absolute Gasteiger partial charge is 0.573 e. The van der Waals surface area contributed by atoms with E-state index in [1.807, 2.05) is 6.92 Å². The van der Waals surface area contributed by atoms with Crippen molar-refractivity contribution in [3.05, 3.63) is 76.3 Å². The van der Waals surface area contributed by atoms with Crippen LogP contribution in [0.5, 0.6) is 17.2 Å². The molecule has 2 aliphatic heterocycles. The Morgan fingerprint density at radius 2 is 1.75 bits per heavy atom. The molecule has 3 aromatic carbocycles. The van der Waals surface area contributed by atoms with Gasteiger partial charge in [-0.15, -0.1) is 13.2 Å². The standard InChI is InChI=1S/C35H39ClF3N3O8S/c1-7-8-15-49-24-18-28(32(43)40(3)4)41(20-24)34(26-16-21(2)9-13-29(26)48-6)25-17-22(36)10-12-27(25)42(33(34)44)51(45,46)31-14-11-23(47-5)19-30(31)50-35(37,38)39/h9-14,16-17,19,24,28H,7-8,15,18,20H2,1-6H3/t24-,28+,34?/m1/s1. The summed E-state index contributed by atoms with van der Waals surface area (Å²) in [5.41, 5.74) is -1.35. The molecule has 16 heteroatoms. The van der Waals surface area contributed by atoms with Crippen molar-refractivity contribution in [2.45, 2.75) is 62.1 Å². The van der Waals surface area contributed by atoms with Gasteiger partial charge >= 0.3 is 6.36 Å². The van der Waals surface area contributed by atoms with Crippen LogP contribution in [0, 0.1) is 6.92 Å². The van der Waals surface area contributed by atoms with Crippen molar-refractivity contribution in [2.75, 3.05) is 45.8 Å². The number of hydrogen-bond acceptors (Lipinski definition) is 9. The number of nitrogens with zero attached hydrogens (tertiary/aromatic N) is 3. The Labute approximate surface area is 299 Å². The average Bonchev–Trinajstić information content (AvgIpc) is 3.60. The molecule has 0 N–H and O–H groups in total. The second-order valence-electron chi connectivity index (χ2n) is 12.5. The summed E-state index contributed by atoms with van der Waals surface area (Å²) in [4.78, 5) is 31.6. The molecule has 0 radical (unpaired) electrons. The molecule has 2 aliphatic rings. The third-order valence-electron chi connectivity index (χ3n) is 8.97. The van der Waals surface area contributed by atoms with Gasteiger partial charge in [-0.1, -0.05) is 36.6 Å². The van der Waals surface area contributed by atoms with E-state index >= 15 is 4.79 Å². The summed E-state index contributed by atoms with van der Waals surface area (Å²) < 4.78 is 92.1. The lowest BCUT2D eigenvalue weighted by Crippen LogP contribution is -2.59. The van der Waals surface area contributed by atoms with Gasteiger partial charge in [-0.25, -0.2) is 12.7 Å². The van der Waals surface area contributed by atoms with E-state index in [2.05, 4.69) is 4.74 Å². The number of likely N-dealkylation sites (tertiary alicyclic amines) is 1. The molecule has 1 fully saturated rings. The molecule has 1 unspecified atom stereocenters. The van der Waals surface area contributed by atoms with E-state index in [-0.39, 0.29) is 52.2 Å². The fourth-order valence-electron chi connectivity index (χ4n) is 6.73. The molecular formula is C35H39ClF3N3O8S. The summed E-state index contributed by atoms with van der Waals surface area (Å²) >= 11 is 6.58. The molecule has 11 nitrogen and oxygen atoms in total. The number of ether oxygens (including phenoxy) is 4. The van der Waals surface area contributed by atoms with Crippen molar-refractivity contribution in [1.82, 2.24) is 9.80 Å². The number of alkyl halides is 3. The van der Waals surface area contributed by atoms with Crippen molar-refractivity contribution in [3.63, 3.8) is 0 Å². The van der Waals surface area contributed by atoms with E-state index < -0.39 is 50.6 Å². The van der Waals surface area contributed by atoms with Crippen molar-refractivity contribution in [2.24, 2.45) is 0 Å². The van der Waals surface area contributed by atoms with E-state index in [0.717, 1.165) is 31.0 Å². The van der Waals surface area contributed by atoms with Crippen LogP contribution in [0.2, 0.25) is 5.02 Å². The van der Waals surface area contributed by atoms with Crippen molar-refractivity contribution >= 4 is 39.1 Å². The first kappa shape index (κ1) is 38.2. The van der Waals surface area contributed by atoms with Crippen molar-refractivity contribution in [3.8, 4) is 17.2 Å². The van der Waals surface area contributed by atoms with E-state index in [1.165, 1.54) is 37.3 Å². The third kappa shape index (κ3) is 6.96. The Morgan fingerprint density at radius 3 is 2.37 bits per heavy atom. The van der Waals surface area contributed by atoms with Gasteiger partial charge in [0.05, 0.1) is 32.1 Å². The maximum atomic E-state index is 15.6. The highest BCUT2D eigenvalue weighted by Crippen LogP contribution is 2.55. The number of amides is 2. The second kappa shape index (κ2) is 14.5. The molecule has 1 saturated heterocycles. The monoisotopic (exact) mass is 753 g/mol. The van der Waals surface area contributed by atoms with Gasteiger partial charge in [0.25, 0.3) is 15.9 Å². The topological polar surface area (TPSA) is 115 Å². The minimum absolute atomic E-state index is 0.00160. The van der Waals surface area contributed by atoms with Crippen molar-refractivity contribution in [1.29, 1.82) is 0 Å². The number of fused-ring (bicyclic) bond motifs is 1. The number of benzene rings is 3. The highest BCUT2D eigenvalue weighted by Gasteiger charge is 2.64. The number of carbonyl (C=O) groups is 2. The summed E-state index contributed by atoms with van der Waals surface area (Å²) in [7, 11) is 0.505. The molecule has 276 valence electrons. The quantitative estimate of drug-likeness (QED) is 0.209. The molecule has 3 aromatic rings. The molecule has 3 atom stereocenters. The van der Waals surface area contributed by atoms with Gasteiger partial charge in [-0.2, -0.15) is 0 Å². The molecular weight excluding hydrogens is 715 g/mol. The first-order valence-corrected chi connectivity index (χ1v) is 17.9. The summed E-state index contributed by atoms with van der Waals surface area (Å²) in [6.45, 7) is 4.16. The van der Waals surface area contributed by atoms with Crippen LogP contribution in [0.15, 0.2) is 59.5 Å². The number of likely N-dealkylation sites (N-methyl/N-ethyl adjacent to an activating group) is 1. The number of carbonyl (C=O) groups excluding carboxylic acids is 2. The van der Waals surface area contributed by atoms with E-state index in [9.17, 15) is 26.4 Å². The van der Waals surface area contributed by atoms with Crippen LogP contribution >= 0.6 is 11.6 Å². The van der Waals surface area contributed by atoms with Crippen LogP contribution in [0.4, 0.5) is 18.9 Å². The predicted molar refractivity (Wildman–Crippen MR) is 183 cm³/mol. The first-order valence-electron chi connectivity index (χ1n) is 16.1. The Hall–Kier alpha value is -4.05. The summed E-state index contributed by atoms with van der Waals surface area (Å²) in [6.07, 6.45) is -4.09. The van der Waals surface area contributed by atoms with E-state index in [0.29, 0.717) is 16.5 Å². The Bertz CT molecular complexity index is 1930. The fraction of sp³-hybridized carbons (Fsp3) is 0.429. The molecule has 0 spiro atoms. The zero-order valence-electron chi connectivity index (χ0n) is 28.9. The van der Waals surface area contributed by atoms with Crippen LogP contribution in [0.1, 0.15) is 42.9 Å². The number of aryl methyl sites for hydroxylation is 1. The zero-order chi connectivity index (χ0) is 37.5. The van der Waals surface area contributed by atoms with Crippen LogP contribution in [-0.4, -0.2) is 90.0 Å². The number of rotatable bonds is 12. The summed E-state index contributed by atoms with van der Waals surface area (Å²) in [5, 5.41) is 0.132. The lowest BCUT2D eigenvalue weighted by Gasteiger charge is -2.42. The number of methoxy groups -OCH3 is 2. The highest BCUT2D eigenvalue weighted by molar-refractivity contribution is 7.93. The molecule has 2 amide bonds. The molecule has 0 aromatic heterocycles. The molecule has 0 saturated carbocycles. The maximum absolute atomic E-state index is 15.6. The molecule has 51 heavy (non-hydrogen) atoms. The first-order chi connectivity index (χ1) is 24.0. The normalized spacial score (nSPS) is 20.7. The second-order valence-corrected chi connectivity index (χ2v) is 14.7. The number of unbranched alkanes of at least 4 members (excludes halogenated alkanes) is 1. The van der Waals surface area contributed by atoms with Gasteiger partial charge in [-0.3, -0.25) is 14.5 Å². The molecule has 2 heterocycles. The van der Waals surface area contributed by atoms with Crippen LogP contribution in [-0.2, 0) is 29.9 Å². The van der Waals surface area contributed by atoms with Gasteiger partial charge in [-0.05, 0) is 62.2 Å². The molecule has 0 aliphatic carbocycles. The smallest absolute Gasteiger partial charge is 0.497 e. The Morgan fingerprint density at radius 1 is 1.02 bits per heavy atom. The van der Waals surface area contributed by atoms with Crippen molar-refractivity contribution < 1.29 is 50.1 Å². The van der Waals surface area contributed by atoms with Crippen LogP contribution in [0.25, 0.3) is 0 Å². The minimum Gasteiger partial charge on any atom is -0.497 e. The molecule has 5 rings (SSSR count). The maximum Gasteiger partial charge on any atom is 0.573 e. The average molecular weight is 754 g/mol.